The number of carbonyl (C=O) groups excluding carboxylic acids is 1. The van der Waals surface area contributed by atoms with E-state index in [1.165, 1.54) is 47.8 Å². The van der Waals surface area contributed by atoms with Crippen molar-refractivity contribution >= 4 is 15.9 Å². The normalized spacial score (nSPS) is 20.2. The van der Waals surface area contributed by atoms with E-state index in [0.717, 1.165) is 0 Å². The Hall–Kier alpha value is -2.65. The zero-order chi connectivity index (χ0) is 21.0. The zero-order valence-electron chi connectivity index (χ0n) is 16.0. The number of methoxy groups -OCH3 is 1. The molecule has 0 spiro atoms. The molecule has 156 valence electrons. The van der Waals surface area contributed by atoms with Gasteiger partial charge in [0.25, 0.3) is 0 Å². The predicted molar refractivity (Wildman–Crippen MR) is 104 cm³/mol. The zero-order valence-corrected chi connectivity index (χ0v) is 16.8. The number of hydrogen-bond donors (Lipinski definition) is 1. The predicted octanol–water partition coefficient (Wildman–Crippen LogP) is 2.17. The van der Waals surface area contributed by atoms with Crippen molar-refractivity contribution in [2.45, 2.75) is 23.8 Å². The molecule has 9 heteroatoms. The molecule has 2 atom stereocenters. The lowest BCUT2D eigenvalue weighted by Crippen LogP contribution is -2.48. The summed E-state index contributed by atoms with van der Waals surface area (Å²) in [5, 5.41) is 0. The van der Waals surface area contributed by atoms with Gasteiger partial charge in [-0.05, 0) is 55.0 Å². The fourth-order valence-corrected chi connectivity index (χ4v) is 4.90. The molecule has 3 rings (SSSR count). The van der Waals surface area contributed by atoms with Crippen molar-refractivity contribution in [1.82, 2.24) is 4.31 Å². The summed E-state index contributed by atoms with van der Waals surface area (Å²) < 4.78 is 51.4. The fourth-order valence-electron chi connectivity index (χ4n) is 3.39. The number of halogens is 1. The molecule has 2 N–H and O–H groups in total. The van der Waals surface area contributed by atoms with Crippen LogP contribution in [0.5, 0.6) is 11.5 Å². The van der Waals surface area contributed by atoms with E-state index in [-0.39, 0.29) is 30.2 Å². The van der Waals surface area contributed by atoms with Crippen LogP contribution in [0.2, 0.25) is 0 Å². The second-order valence-electron chi connectivity index (χ2n) is 6.87. The number of sulfonamides is 1. The first-order chi connectivity index (χ1) is 13.8. The first-order valence-electron chi connectivity index (χ1n) is 9.14. The quantitative estimate of drug-likeness (QED) is 0.737. The summed E-state index contributed by atoms with van der Waals surface area (Å²) in [5.41, 5.74) is 5.37. The maximum Gasteiger partial charge on any atom is 0.243 e. The summed E-state index contributed by atoms with van der Waals surface area (Å²) in [5.74, 6) is -0.323. The number of hydrogen-bond acceptors (Lipinski definition) is 5. The number of benzene rings is 2. The van der Waals surface area contributed by atoms with Gasteiger partial charge in [-0.1, -0.05) is 0 Å². The van der Waals surface area contributed by atoms with Gasteiger partial charge in [-0.2, -0.15) is 4.31 Å². The van der Waals surface area contributed by atoms with Crippen molar-refractivity contribution in [3.63, 3.8) is 0 Å². The highest BCUT2D eigenvalue weighted by Crippen LogP contribution is 2.29. The summed E-state index contributed by atoms with van der Waals surface area (Å²) in [6.45, 7) is 0.332. The average molecular weight is 422 g/mol. The summed E-state index contributed by atoms with van der Waals surface area (Å²) in [6.07, 6.45) is -0.0409. The van der Waals surface area contributed by atoms with Crippen LogP contribution in [-0.4, -0.2) is 44.9 Å². The molecular formula is C20H23FN2O5S. The number of primary amides is 1. The smallest absolute Gasteiger partial charge is 0.243 e. The highest BCUT2D eigenvalue weighted by Gasteiger charge is 2.37. The summed E-state index contributed by atoms with van der Waals surface area (Å²) in [6, 6.07) is 11.7. The Kier molecular flexibility index (Phi) is 6.39. The van der Waals surface area contributed by atoms with Gasteiger partial charge in [-0.3, -0.25) is 4.79 Å². The van der Waals surface area contributed by atoms with E-state index in [2.05, 4.69) is 0 Å². The van der Waals surface area contributed by atoms with Gasteiger partial charge in [0.1, 0.15) is 23.4 Å². The van der Waals surface area contributed by atoms with Gasteiger partial charge in [-0.25, -0.2) is 12.8 Å². The molecule has 0 aliphatic carbocycles. The third kappa shape index (κ3) is 5.04. The fraction of sp³-hybridized carbons (Fsp3) is 0.350. The minimum Gasteiger partial charge on any atom is -0.497 e. The lowest BCUT2D eigenvalue weighted by molar-refractivity contribution is -0.120. The Balaban J connectivity index is 1.77. The van der Waals surface area contributed by atoms with Crippen LogP contribution < -0.4 is 15.2 Å². The maximum atomic E-state index is 13.1. The van der Waals surface area contributed by atoms with E-state index < -0.39 is 28.0 Å². The Morgan fingerprint density at radius 3 is 2.34 bits per heavy atom. The standard InChI is InChI=1S/C20H23FN2O5S/c1-27-16-6-8-18(9-7-16)29(25,26)23-11-10-19(14(13-23)12-20(22)24)28-17-4-2-15(21)3-5-17/h2-9,14,19H,10-13H2,1H3,(H2,22,24)/t14-,19-/m0/s1. The Bertz CT molecular complexity index is 948. The molecule has 0 unspecified atom stereocenters. The van der Waals surface area contributed by atoms with Gasteiger partial charge in [0, 0.05) is 25.4 Å². The largest absolute Gasteiger partial charge is 0.497 e. The Labute approximate surface area is 169 Å². The van der Waals surface area contributed by atoms with Crippen LogP contribution in [0.4, 0.5) is 4.39 Å². The summed E-state index contributed by atoms with van der Waals surface area (Å²) in [7, 11) is -2.23. The van der Waals surface area contributed by atoms with Gasteiger partial charge in [0.2, 0.25) is 15.9 Å². The lowest BCUT2D eigenvalue weighted by Gasteiger charge is -2.37. The van der Waals surface area contributed by atoms with Crippen molar-refractivity contribution in [2.75, 3.05) is 20.2 Å². The highest BCUT2D eigenvalue weighted by atomic mass is 32.2. The maximum absolute atomic E-state index is 13.1. The molecule has 0 saturated carbocycles. The molecule has 0 bridgehead atoms. The number of amides is 1. The minimum absolute atomic E-state index is 0.0134. The summed E-state index contributed by atoms with van der Waals surface area (Å²) >= 11 is 0. The molecule has 0 radical (unpaired) electrons. The first-order valence-corrected chi connectivity index (χ1v) is 10.6. The number of carbonyl (C=O) groups is 1. The molecule has 7 nitrogen and oxygen atoms in total. The van der Waals surface area contributed by atoms with Crippen LogP contribution in [0.3, 0.4) is 0 Å². The van der Waals surface area contributed by atoms with E-state index in [0.29, 0.717) is 17.9 Å². The second kappa shape index (κ2) is 8.79. The monoisotopic (exact) mass is 422 g/mol. The van der Waals surface area contributed by atoms with Crippen molar-refractivity contribution in [3.05, 3.63) is 54.3 Å². The van der Waals surface area contributed by atoms with E-state index in [4.69, 9.17) is 15.2 Å². The topological polar surface area (TPSA) is 98.9 Å². The molecule has 0 aromatic heterocycles. The SMILES string of the molecule is COc1ccc(S(=O)(=O)N2CC[C@H](Oc3ccc(F)cc3)[C@@H](CC(N)=O)C2)cc1. The number of piperidine rings is 1. The number of nitrogens with zero attached hydrogens (tertiary/aromatic N) is 1. The van der Waals surface area contributed by atoms with Crippen molar-refractivity contribution < 1.29 is 27.1 Å². The third-order valence-electron chi connectivity index (χ3n) is 4.89. The average Bonchev–Trinajstić information content (AvgIpc) is 2.70. The van der Waals surface area contributed by atoms with Crippen molar-refractivity contribution in [1.29, 1.82) is 0 Å². The molecule has 2 aromatic carbocycles. The Morgan fingerprint density at radius 2 is 1.76 bits per heavy atom. The lowest BCUT2D eigenvalue weighted by atomic mass is 9.92. The van der Waals surface area contributed by atoms with Crippen LogP contribution in [0, 0.1) is 11.7 Å². The number of rotatable bonds is 7. The third-order valence-corrected chi connectivity index (χ3v) is 6.77. The first kappa shape index (κ1) is 21.1. The van der Waals surface area contributed by atoms with Gasteiger partial charge >= 0.3 is 0 Å². The number of nitrogens with two attached hydrogens (primary N) is 1. The van der Waals surface area contributed by atoms with Crippen LogP contribution in [-0.2, 0) is 14.8 Å². The van der Waals surface area contributed by atoms with Gasteiger partial charge in [0.15, 0.2) is 0 Å². The molecule has 1 fully saturated rings. The van der Waals surface area contributed by atoms with Crippen LogP contribution in [0.25, 0.3) is 0 Å². The van der Waals surface area contributed by atoms with Crippen LogP contribution in [0.1, 0.15) is 12.8 Å². The molecule has 2 aromatic rings. The molecular weight excluding hydrogens is 399 g/mol. The molecule has 29 heavy (non-hydrogen) atoms. The minimum atomic E-state index is -3.74. The number of ether oxygens (including phenoxy) is 2. The second-order valence-corrected chi connectivity index (χ2v) is 8.81. The molecule has 1 aliphatic rings. The van der Waals surface area contributed by atoms with E-state index in [1.807, 2.05) is 0 Å². The van der Waals surface area contributed by atoms with Crippen molar-refractivity contribution in [2.24, 2.45) is 11.7 Å². The van der Waals surface area contributed by atoms with Gasteiger partial charge in [-0.15, -0.1) is 0 Å². The van der Waals surface area contributed by atoms with Crippen molar-refractivity contribution in [3.8, 4) is 11.5 Å². The van der Waals surface area contributed by atoms with E-state index in [1.54, 1.807) is 12.1 Å². The Morgan fingerprint density at radius 1 is 1.14 bits per heavy atom. The molecule has 1 saturated heterocycles. The van der Waals surface area contributed by atoms with Crippen LogP contribution in [0.15, 0.2) is 53.4 Å². The highest BCUT2D eigenvalue weighted by molar-refractivity contribution is 7.89. The molecule has 1 amide bonds. The molecule has 1 aliphatic heterocycles. The van der Waals surface area contributed by atoms with E-state index in [9.17, 15) is 17.6 Å². The van der Waals surface area contributed by atoms with Crippen LogP contribution >= 0.6 is 0 Å². The molecule has 1 heterocycles. The van der Waals surface area contributed by atoms with Gasteiger partial charge in [0.05, 0.1) is 12.0 Å². The summed E-state index contributed by atoms with van der Waals surface area (Å²) in [4.78, 5) is 11.7. The van der Waals surface area contributed by atoms with Gasteiger partial charge < -0.3 is 15.2 Å². The van der Waals surface area contributed by atoms with E-state index >= 15 is 0 Å².